The summed E-state index contributed by atoms with van der Waals surface area (Å²) < 4.78 is 21.2. The number of aliphatic hydroxyl groups is 1. The van der Waals surface area contributed by atoms with Gasteiger partial charge in [-0.2, -0.15) is 0 Å². The number of esters is 2. The number of rotatable bonds is 11. The molecule has 174 valence electrons. The molecular weight excluding hydrogens is 432 g/mol. The summed E-state index contributed by atoms with van der Waals surface area (Å²) in [6.07, 6.45) is 0.900. The van der Waals surface area contributed by atoms with Gasteiger partial charge >= 0.3 is 11.9 Å². The lowest BCUT2D eigenvalue weighted by molar-refractivity contribution is -0.170. The Bertz CT molecular complexity index is 716. The maximum atomic E-state index is 11.4. The van der Waals surface area contributed by atoms with Gasteiger partial charge in [-0.15, -0.1) is 0 Å². The third-order valence-corrected chi connectivity index (χ3v) is 6.16. The molecule has 2 unspecified atom stereocenters. The van der Waals surface area contributed by atoms with Crippen LogP contribution in [-0.2, 0) is 23.5 Å². The van der Waals surface area contributed by atoms with Crippen LogP contribution < -0.4 is 4.74 Å². The van der Waals surface area contributed by atoms with Crippen molar-refractivity contribution in [2.45, 2.75) is 51.4 Å². The number of aliphatic hydroxyl groups excluding tert-OH is 1. The summed E-state index contributed by atoms with van der Waals surface area (Å²) in [5, 5.41) is 9.42. The smallest absolute Gasteiger partial charge is 0.335 e. The molecule has 0 heterocycles. The first kappa shape index (κ1) is 28.8. The largest absolute Gasteiger partial charge is 0.491 e. The quantitative estimate of drug-likeness (QED) is 0.231. The Morgan fingerprint density at radius 3 is 2.26 bits per heavy atom. The predicted molar refractivity (Wildman–Crippen MR) is 127 cm³/mol. The van der Waals surface area contributed by atoms with E-state index in [4.69, 9.17) is 13.9 Å². The van der Waals surface area contributed by atoms with Crippen LogP contribution in [0.2, 0.25) is 19.6 Å². The molecular formula is C22H36O7Si2. The first-order valence-corrected chi connectivity index (χ1v) is 14.5. The van der Waals surface area contributed by atoms with E-state index >= 15 is 0 Å². The lowest BCUT2D eigenvalue weighted by atomic mass is 10.3. The number of para-hydroxylation sites is 1. The third-order valence-electron chi connectivity index (χ3n) is 3.59. The van der Waals surface area contributed by atoms with Gasteiger partial charge in [-0.25, -0.2) is 9.59 Å². The first-order chi connectivity index (χ1) is 14.3. The zero-order chi connectivity index (χ0) is 24.1. The third kappa shape index (κ3) is 14.4. The van der Waals surface area contributed by atoms with Gasteiger partial charge in [-0.05, 0) is 38.7 Å². The maximum Gasteiger partial charge on any atom is 0.335 e. The van der Waals surface area contributed by atoms with E-state index in [1.54, 1.807) is 19.1 Å². The Kier molecular flexibility index (Phi) is 13.0. The summed E-state index contributed by atoms with van der Waals surface area (Å²) in [6, 6.07) is 9.10. The van der Waals surface area contributed by atoms with Crippen molar-refractivity contribution in [3.05, 3.63) is 55.1 Å². The summed E-state index contributed by atoms with van der Waals surface area (Å²) in [6.45, 7) is 16.7. The Morgan fingerprint density at radius 2 is 1.81 bits per heavy atom. The summed E-state index contributed by atoms with van der Waals surface area (Å²) in [5.74, 6) is -0.250. The molecule has 0 aromatic heterocycles. The maximum absolute atomic E-state index is 11.4. The fourth-order valence-corrected chi connectivity index (χ4v) is 5.59. The topological polar surface area (TPSA) is 91.3 Å². The summed E-state index contributed by atoms with van der Waals surface area (Å²) >= 11 is 0. The molecule has 7 nitrogen and oxygen atoms in total. The van der Waals surface area contributed by atoms with Gasteiger partial charge in [0.1, 0.15) is 25.1 Å². The van der Waals surface area contributed by atoms with Crippen LogP contribution in [0.5, 0.6) is 5.75 Å². The standard InChI is InChI=1S/C12H14O4.C10H22O3Si2/c1-2-12(14)16-9-10(13)8-15-11-6-4-3-5-7-11;1-7-10(14,13-15(4,5)6)12-9(11)8(2)3/h2-7,10,13H,1,8-9H2;2,7H2,1,3-6,14H3. The van der Waals surface area contributed by atoms with Crippen molar-refractivity contribution in [3.8, 4) is 5.75 Å². The molecule has 1 rings (SSSR count). The van der Waals surface area contributed by atoms with Gasteiger partial charge in [0.05, 0.1) is 10.2 Å². The Hall–Kier alpha value is -2.21. The molecule has 0 radical (unpaired) electrons. The highest BCUT2D eigenvalue weighted by molar-refractivity contribution is 6.70. The summed E-state index contributed by atoms with van der Waals surface area (Å²) in [4.78, 5) is 22.1. The van der Waals surface area contributed by atoms with Gasteiger partial charge in [0.2, 0.25) is 0 Å². The van der Waals surface area contributed by atoms with Crippen molar-refractivity contribution in [3.63, 3.8) is 0 Å². The van der Waals surface area contributed by atoms with Gasteiger partial charge in [0.25, 0.3) is 0 Å². The fourth-order valence-electron chi connectivity index (χ4n) is 2.09. The van der Waals surface area contributed by atoms with Crippen LogP contribution in [0.15, 0.2) is 55.1 Å². The molecule has 0 amide bonds. The lowest BCUT2D eigenvalue weighted by Crippen LogP contribution is -2.46. The van der Waals surface area contributed by atoms with E-state index in [-0.39, 0.29) is 19.2 Å². The van der Waals surface area contributed by atoms with Crippen LogP contribution in [0.1, 0.15) is 20.3 Å². The van der Waals surface area contributed by atoms with Crippen LogP contribution in [-0.4, -0.2) is 60.3 Å². The first-order valence-electron chi connectivity index (χ1n) is 10.1. The van der Waals surface area contributed by atoms with Gasteiger partial charge in [-0.3, -0.25) is 0 Å². The zero-order valence-corrected chi connectivity index (χ0v) is 22.5. The molecule has 0 fully saturated rings. The predicted octanol–water partition coefficient (Wildman–Crippen LogP) is 2.54. The van der Waals surface area contributed by atoms with E-state index in [2.05, 4.69) is 37.5 Å². The van der Waals surface area contributed by atoms with Crippen LogP contribution in [0.25, 0.3) is 0 Å². The van der Waals surface area contributed by atoms with E-state index in [1.807, 2.05) is 25.1 Å². The van der Waals surface area contributed by atoms with Crippen molar-refractivity contribution in [1.82, 2.24) is 0 Å². The van der Waals surface area contributed by atoms with Crippen molar-refractivity contribution < 1.29 is 33.3 Å². The minimum atomic E-state index is -1.69. The molecule has 9 heteroatoms. The number of hydrogen-bond donors (Lipinski definition) is 1. The highest BCUT2D eigenvalue weighted by atomic mass is 28.4. The molecule has 1 aromatic rings. The molecule has 0 bridgehead atoms. The highest BCUT2D eigenvalue weighted by Gasteiger charge is 2.33. The minimum absolute atomic E-state index is 0.0778. The molecule has 1 aromatic carbocycles. The summed E-state index contributed by atoms with van der Waals surface area (Å²) in [7, 11) is -1.02. The van der Waals surface area contributed by atoms with Crippen LogP contribution in [0.3, 0.4) is 0 Å². The second-order valence-electron chi connectivity index (χ2n) is 7.98. The SMILES string of the molecule is C=C(C)C(=O)OC([SiH3])(CC)O[Si](C)(C)C.C=CC(=O)OCC(O)COc1ccccc1. The molecule has 0 spiro atoms. The van der Waals surface area contributed by atoms with E-state index in [0.717, 1.165) is 6.08 Å². The second-order valence-corrected chi connectivity index (χ2v) is 13.9. The van der Waals surface area contributed by atoms with Gasteiger partial charge in [0.15, 0.2) is 13.7 Å². The average molecular weight is 469 g/mol. The number of ether oxygens (including phenoxy) is 3. The normalized spacial score (nSPS) is 13.6. The number of carbonyl (C=O) groups excluding carboxylic acids is 2. The van der Waals surface area contributed by atoms with E-state index in [0.29, 0.717) is 28.0 Å². The lowest BCUT2D eigenvalue weighted by Gasteiger charge is -2.35. The fraction of sp³-hybridized carbons (Fsp3) is 0.455. The van der Waals surface area contributed by atoms with Gasteiger partial charge < -0.3 is 23.7 Å². The van der Waals surface area contributed by atoms with Crippen molar-refractivity contribution in [2.24, 2.45) is 0 Å². The number of hydrogen-bond acceptors (Lipinski definition) is 7. The molecule has 2 atom stereocenters. The number of benzene rings is 1. The second kappa shape index (κ2) is 14.0. The summed E-state index contributed by atoms with van der Waals surface area (Å²) in [5.41, 5.74) is -0.261. The molecule has 0 aliphatic rings. The van der Waals surface area contributed by atoms with Crippen LogP contribution in [0, 0.1) is 0 Å². The Morgan fingerprint density at radius 1 is 1.23 bits per heavy atom. The minimum Gasteiger partial charge on any atom is -0.491 e. The van der Waals surface area contributed by atoms with E-state index in [9.17, 15) is 14.7 Å². The van der Waals surface area contributed by atoms with Crippen molar-refractivity contribution >= 4 is 30.5 Å². The highest BCUT2D eigenvalue weighted by Crippen LogP contribution is 2.21. The molecule has 1 N–H and O–H groups in total. The molecule has 0 saturated heterocycles. The van der Waals surface area contributed by atoms with Gasteiger partial charge in [-0.1, -0.05) is 38.3 Å². The molecule has 0 aliphatic heterocycles. The molecule has 31 heavy (non-hydrogen) atoms. The van der Waals surface area contributed by atoms with Crippen LogP contribution >= 0.6 is 0 Å². The van der Waals surface area contributed by atoms with Crippen molar-refractivity contribution in [1.29, 1.82) is 0 Å². The molecule has 0 saturated carbocycles. The van der Waals surface area contributed by atoms with E-state index < -0.39 is 25.8 Å². The number of carbonyl (C=O) groups is 2. The monoisotopic (exact) mass is 468 g/mol. The average Bonchev–Trinajstić information content (AvgIpc) is 2.70. The Labute approximate surface area is 189 Å². The van der Waals surface area contributed by atoms with E-state index in [1.165, 1.54) is 0 Å². The molecule has 0 aliphatic carbocycles. The Balaban J connectivity index is 0.000000582. The van der Waals surface area contributed by atoms with Crippen molar-refractivity contribution in [2.75, 3.05) is 13.2 Å². The zero-order valence-electron chi connectivity index (χ0n) is 19.5. The van der Waals surface area contributed by atoms with Crippen LogP contribution in [0.4, 0.5) is 0 Å². The van der Waals surface area contributed by atoms with Gasteiger partial charge in [0, 0.05) is 18.1 Å².